The number of likely N-dealkylation sites (tertiary alicyclic amines) is 1. The van der Waals surface area contributed by atoms with Crippen molar-refractivity contribution in [1.29, 1.82) is 0 Å². The lowest BCUT2D eigenvalue weighted by Gasteiger charge is -2.20. The van der Waals surface area contributed by atoms with Crippen LogP contribution in [-0.2, 0) is 0 Å². The molecule has 1 fully saturated rings. The van der Waals surface area contributed by atoms with E-state index in [4.69, 9.17) is 0 Å². The minimum Gasteiger partial charge on any atom is -0.383 e. The second-order valence-corrected chi connectivity index (χ2v) is 8.33. The summed E-state index contributed by atoms with van der Waals surface area (Å²) in [4.78, 5) is 15.1. The van der Waals surface area contributed by atoms with Crippen molar-refractivity contribution >= 4 is 23.2 Å². The van der Waals surface area contributed by atoms with Crippen molar-refractivity contribution in [2.75, 3.05) is 42.1 Å². The van der Waals surface area contributed by atoms with Gasteiger partial charge in [0.25, 0.3) is 0 Å². The molecule has 33 heavy (non-hydrogen) atoms. The van der Waals surface area contributed by atoms with Crippen LogP contribution in [0.15, 0.2) is 66.7 Å². The Kier molecular flexibility index (Phi) is 8.25. The molecular weight excluding hydrogens is 412 g/mol. The summed E-state index contributed by atoms with van der Waals surface area (Å²) in [6, 6.07) is 20.8. The summed E-state index contributed by atoms with van der Waals surface area (Å²) >= 11 is 0. The molecule has 7 heteroatoms. The number of nitrogens with zero attached hydrogens (tertiary/aromatic N) is 3. The van der Waals surface area contributed by atoms with Crippen molar-refractivity contribution in [1.82, 2.24) is 15.1 Å². The quantitative estimate of drug-likeness (QED) is 0.402. The van der Waals surface area contributed by atoms with Crippen LogP contribution in [0.4, 0.5) is 22.0 Å². The molecule has 0 saturated carbocycles. The molecule has 1 aliphatic rings. The average molecular weight is 445 g/mol. The molecule has 172 valence electrons. The number of hydrogen-bond acceptors (Lipinski definition) is 5. The fourth-order valence-electron chi connectivity index (χ4n) is 4.06. The number of aromatic nitrogens is 2. The van der Waals surface area contributed by atoms with E-state index in [2.05, 4.69) is 31.0 Å². The van der Waals surface area contributed by atoms with E-state index in [9.17, 15) is 4.79 Å². The van der Waals surface area contributed by atoms with Gasteiger partial charge < -0.3 is 15.5 Å². The van der Waals surface area contributed by atoms with Gasteiger partial charge in [-0.25, -0.2) is 4.79 Å². The first-order chi connectivity index (χ1) is 16.3. The highest BCUT2D eigenvalue weighted by Crippen LogP contribution is 2.22. The molecule has 0 bridgehead atoms. The van der Waals surface area contributed by atoms with Gasteiger partial charge in [-0.2, -0.15) is 0 Å². The fraction of sp³-hybridized carbons (Fsp3) is 0.346. The van der Waals surface area contributed by atoms with E-state index >= 15 is 0 Å². The maximum Gasteiger partial charge on any atom is 0.324 e. The summed E-state index contributed by atoms with van der Waals surface area (Å²) in [6.07, 6.45) is 6.42. The maximum absolute atomic E-state index is 12.5. The Labute approximate surface area is 195 Å². The highest BCUT2D eigenvalue weighted by molar-refractivity contribution is 6.01. The highest BCUT2D eigenvalue weighted by Gasteiger charge is 2.10. The van der Waals surface area contributed by atoms with Gasteiger partial charge in [-0.3, -0.25) is 5.32 Å². The molecule has 2 amide bonds. The van der Waals surface area contributed by atoms with Gasteiger partial charge in [0.2, 0.25) is 0 Å². The zero-order chi connectivity index (χ0) is 22.7. The SMILES string of the molecule is O=C(Nc1ccc(-c2ccccc2)nn1)Nc1ccccc1NCCCN1CCCCCC1. The largest absolute Gasteiger partial charge is 0.383 e. The van der Waals surface area contributed by atoms with E-state index in [-0.39, 0.29) is 6.03 Å². The molecule has 1 aliphatic heterocycles. The molecule has 1 saturated heterocycles. The number of amides is 2. The normalized spacial score (nSPS) is 14.3. The number of rotatable bonds is 8. The van der Waals surface area contributed by atoms with Gasteiger partial charge in [-0.15, -0.1) is 10.2 Å². The van der Waals surface area contributed by atoms with Crippen LogP contribution in [0.3, 0.4) is 0 Å². The molecular formula is C26H32N6O. The zero-order valence-corrected chi connectivity index (χ0v) is 19.0. The van der Waals surface area contributed by atoms with Crippen molar-refractivity contribution < 1.29 is 4.79 Å². The van der Waals surface area contributed by atoms with Crippen LogP contribution in [0.1, 0.15) is 32.1 Å². The number of urea groups is 1. The molecule has 4 rings (SSSR count). The Morgan fingerprint density at radius 3 is 2.24 bits per heavy atom. The van der Waals surface area contributed by atoms with E-state index in [1.54, 1.807) is 6.07 Å². The number of anilines is 3. The minimum atomic E-state index is -0.351. The third-order valence-electron chi connectivity index (χ3n) is 5.82. The number of carbonyl (C=O) groups is 1. The summed E-state index contributed by atoms with van der Waals surface area (Å²) < 4.78 is 0. The summed E-state index contributed by atoms with van der Waals surface area (Å²) in [5.74, 6) is 0.398. The van der Waals surface area contributed by atoms with Crippen molar-refractivity contribution in [2.45, 2.75) is 32.1 Å². The molecule has 0 aliphatic carbocycles. The van der Waals surface area contributed by atoms with E-state index in [1.165, 1.54) is 38.8 Å². The van der Waals surface area contributed by atoms with Gasteiger partial charge in [-0.1, -0.05) is 55.3 Å². The Morgan fingerprint density at radius 1 is 0.788 bits per heavy atom. The second kappa shape index (κ2) is 12.0. The van der Waals surface area contributed by atoms with E-state index < -0.39 is 0 Å². The van der Waals surface area contributed by atoms with Gasteiger partial charge in [-0.05, 0) is 63.2 Å². The van der Waals surface area contributed by atoms with E-state index in [1.807, 2.05) is 60.7 Å². The van der Waals surface area contributed by atoms with Crippen molar-refractivity contribution in [3.05, 3.63) is 66.7 Å². The van der Waals surface area contributed by atoms with Crippen LogP contribution in [0, 0.1) is 0 Å². The first-order valence-corrected chi connectivity index (χ1v) is 11.8. The molecule has 2 aromatic carbocycles. The monoisotopic (exact) mass is 444 g/mol. The molecule has 2 heterocycles. The van der Waals surface area contributed by atoms with E-state index in [0.29, 0.717) is 5.82 Å². The Hall–Kier alpha value is -3.45. The van der Waals surface area contributed by atoms with E-state index in [0.717, 1.165) is 42.1 Å². The fourth-order valence-corrected chi connectivity index (χ4v) is 4.06. The first-order valence-electron chi connectivity index (χ1n) is 11.8. The molecule has 0 radical (unpaired) electrons. The van der Waals surface area contributed by atoms with Gasteiger partial charge in [0.15, 0.2) is 5.82 Å². The smallest absolute Gasteiger partial charge is 0.324 e. The molecule has 3 aromatic rings. The average Bonchev–Trinajstić information content (AvgIpc) is 3.13. The molecule has 0 spiro atoms. The molecule has 0 atom stereocenters. The summed E-state index contributed by atoms with van der Waals surface area (Å²) in [5, 5.41) is 17.5. The van der Waals surface area contributed by atoms with Gasteiger partial charge in [0.1, 0.15) is 0 Å². The Bertz CT molecular complexity index is 1000. The van der Waals surface area contributed by atoms with Gasteiger partial charge >= 0.3 is 6.03 Å². The lowest BCUT2D eigenvalue weighted by molar-refractivity contribution is 0.262. The number of benzene rings is 2. The minimum absolute atomic E-state index is 0.351. The lowest BCUT2D eigenvalue weighted by atomic mass is 10.1. The lowest BCUT2D eigenvalue weighted by Crippen LogP contribution is -2.27. The Morgan fingerprint density at radius 2 is 1.52 bits per heavy atom. The van der Waals surface area contributed by atoms with Crippen LogP contribution in [0.25, 0.3) is 11.3 Å². The van der Waals surface area contributed by atoms with Crippen molar-refractivity contribution in [2.24, 2.45) is 0 Å². The van der Waals surface area contributed by atoms with Crippen molar-refractivity contribution in [3.63, 3.8) is 0 Å². The molecule has 0 unspecified atom stereocenters. The summed E-state index contributed by atoms with van der Waals surface area (Å²) in [7, 11) is 0. The first kappa shape index (κ1) is 22.7. The highest BCUT2D eigenvalue weighted by atomic mass is 16.2. The second-order valence-electron chi connectivity index (χ2n) is 8.33. The number of carbonyl (C=O) groups excluding carboxylic acids is 1. The maximum atomic E-state index is 12.5. The van der Waals surface area contributed by atoms with Crippen LogP contribution in [0.2, 0.25) is 0 Å². The third-order valence-corrected chi connectivity index (χ3v) is 5.82. The summed E-state index contributed by atoms with van der Waals surface area (Å²) in [5.41, 5.74) is 3.39. The number of hydrogen-bond donors (Lipinski definition) is 3. The van der Waals surface area contributed by atoms with Crippen LogP contribution < -0.4 is 16.0 Å². The predicted molar refractivity (Wildman–Crippen MR) is 135 cm³/mol. The third kappa shape index (κ3) is 7.02. The predicted octanol–water partition coefficient (Wildman–Crippen LogP) is 5.47. The molecule has 7 nitrogen and oxygen atoms in total. The van der Waals surface area contributed by atoms with Crippen LogP contribution >= 0.6 is 0 Å². The standard InChI is InChI=1S/C26H32N6O/c33-26(29-25-16-15-22(30-31-25)21-11-4-3-5-12-21)28-24-14-7-6-13-23(24)27-17-10-20-32-18-8-1-2-9-19-32/h3-7,11-16,27H,1-2,8-10,17-20H2,(H2,28,29,31,33). The van der Waals surface area contributed by atoms with Gasteiger partial charge in [0, 0.05) is 12.1 Å². The van der Waals surface area contributed by atoms with Crippen LogP contribution in [-0.4, -0.2) is 47.3 Å². The topological polar surface area (TPSA) is 82.2 Å². The summed E-state index contributed by atoms with van der Waals surface area (Å²) in [6.45, 7) is 4.41. The Balaban J connectivity index is 1.26. The number of nitrogens with one attached hydrogen (secondary N) is 3. The van der Waals surface area contributed by atoms with Gasteiger partial charge in [0.05, 0.1) is 17.1 Å². The molecule has 1 aromatic heterocycles. The van der Waals surface area contributed by atoms with Crippen molar-refractivity contribution in [3.8, 4) is 11.3 Å². The zero-order valence-electron chi connectivity index (χ0n) is 19.0. The van der Waals surface area contributed by atoms with Crippen LogP contribution in [0.5, 0.6) is 0 Å². The number of para-hydroxylation sites is 2. The molecule has 3 N–H and O–H groups in total.